The molecule has 5 nitrogen and oxygen atoms in total. The zero-order valence-electron chi connectivity index (χ0n) is 11.7. The molecule has 1 saturated heterocycles. The summed E-state index contributed by atoms with van der Waals surface area (Å²) in [6.07, 6.45) is 2.56. The van der Waals surface area contributed by atoms with E-state index in [1.54, 1.807) is 0 Å². The number of anilines is 1. The Labute approximate surface area is 119 Å². The lowest BCUT2D eigenvalue weighted by atomic mass is 10.1. The third kappa shape index (κ3) is 4.59. The number of aliphatic hydroxyl groups excluding tert-OH is 1. The van der Waals surface area contributed by atoms with Crippen molar-refractivity contribution in [2.45, 2.75) is 25.3 Å². The molecule has 110 valence electrons. The second-order valence-electron chi connectivity index (χ2n) is 5.33. The Morgan fingerprint density at radius 1 is 1.30 bits per heavy atom. The molecule has 0 spiro atoms. The molecule has 0 unspecified atom stereocenters. The van der Waals surface area contributed by atoms with Crippen molar-refractivity contribution in [3.63, 3.8) is 0 Å². The average molecular weight is 277 g/mol. The zero-order chi connectivity index (χ0) is 14.4. The van der Waals surface area contributed by atoms with Crippen molar-refractivity contribution < 1.29 is 9.90 Å². The van der Waals surface area contributed by atoms with Crippen LogP contribution >= 0.6 is 0 Å². The van der Waals surface area contributed by atoms with Crippen LogP contribution in [0, 0.1) is 0 Å². The minimum atomic E-state index is 0.00961. The lowest BCUT2D eigenvalue weighted by Crippen LogP contribution is -2.43. The lowest BCUT2D eigenvalue weighted by molar-refractivity contribution is -0.117. The largest absolute Gasteiger partial charge is 0.396 e. The molecule has 5 heteroatoms. The summed E-state index contributed by atoms with van der Waals surface area (Å²) in [5, 5.41) is 11.7. The van der Waals surface area contributed by atoms with Crippen molar-refractivity contribution in [3.05, 3.63) is 29.8 Å². The van der Waals surface area contributed by atoms with Crippen LogP contribution in [0.25, 0.3) is 0 Å². The summed E-state index contributed by atoms with van der Waals surface area (Å²) in [5.41, 5.74) is 7.71. The van der Waals surface area contributed by atoms with E-state index in [2.05, 4.69) is 10.2 Å². The number of nitrogens with one attached hydrogen (secondary N) is 1. The molecular weight excluding hydrogens is 254 g/mol. The Morgan fingerprint density at radius 3 is 2.55 bits per heavy atom. The predicted octanol–water partition coefficient (Wildman–Crippen LogP) is 0.583. The molecule has 1 amide bonds. The number of nitrogens with two attached hydrogens (primary N) is 1. The minimum Gasteiger partial charge on any atom is -0.396 e. The maximum Gasteiger partial charge on any atom is 0.238 e. The normalized spacial score (nSPS) is 17.1. The van der Waals surface area contributed by atoms with E-state index in [1.807, 2.05) is 24.3 Å². The van der Waals surface area contributed by atoms with Crippen LogP contribution in [0.3, 0.4) is 0 Å². The standard InChI is InChI=1S/C15H23N3O2/c16-13-5-8-18(9-6-13)11-15(20)17-14-3-1-12(2-4-14)7-10-19/h1-4,13,19H,5-11,16H2,(H,17,20). The van der Waals surface area contributed by atoms with E-state index < -0.39 is 0 Å². The second kappa shape index (κ2) is 7.38. The van der Waals surface area contributed by atoms with Gasteiger partial charge >= 0.3 is 0 Å². The number of carbonyl (C=O) groups excluding carboxylic acids is 1. The second-order valence-corrected chi connectivity index (χ2v) is 5.33. The Morgan fingerprint density at radius 2 is 1.95 bits per heavy atom. The highest BCUT2D eigenvalue weighted by Crippen LogP contribution is 2.11. The summed E-state index contributed by atoms with van der Waals surface area (Å²) in [6, 6.07) is 7.87. The Hall–Kier alpha value is -1.43. The molecule has 0 saturated carbocycles. The van der Waals surface area contributed by atoms with Crippen LogP contribution < -0.4 is 11.1 Å². The number of aliphatic hydroxyl groups is 1. The lowest BCUT2D eigenvalue weighted by Gasteiger charge is -2.29. The van der Waals surface area contributed by atoms with E-state index in [4.69, 9.17) is 10.8 Å². The van der Waals surface area contributed by atoms with Crippen molar-refractivity contribution in [1.82, 2.24) is 4.90 Å². The minimum absolute atomic E-state index is 0.00961. The number of nitrogens with zero attached hydrogens (tertiary/aromatic N) is 1. The van der Waals surface area contributed by atoms with E-state index in [-0.39, 0.29) is 18.6 Å². The third-order valence-electron chi connectivity index (χ3n) is 3.64. The van der Waals surface area contributed by atoms with Gasteiger partial charge in [-0.15, -0.1) is 0 Å². The molecule has 0 radical (unpaired) electrons. The first kappa shape index (κ1) is 15.0. The highest BCUT2D eigenvalue weighted by atomic mass is 16.3. The summed E-state index contributed by atoms with van der Waals surface area (Å²) < 4.78 is 0. The molecule has 1 aromatic rings. The van der Waals surface area contributed by atoms with Crippen molar-refractivity contribution >= 4 is 11.6 Å². The zero-order valence-corrected chi connectivity index (χ0v) is 11.7. The Bertz CT molecular complexity index is 425. The van der Waals surface area contributed by atoms with Gasteiger partial charge in [0, 0.05) is 31.4 Å². The van der Waals surface area contributed by atoms with Gasteiger partial charge in [-0.25, -0.2) is 0 Å². The van der Waals surface area contributed by atoms with Crippen molar-refractivity contribution in [2.24, 2.45) is 5.73 Å². The number of likely N-dealkylation sites (tertiary alicyclic amines) is 1. The van der Waals surface area contributed by atoms with Crippen molar-refractivity contribution in [1.29, 1.82) is 0 Å². The summed E-state index contributed by atoms with van der Waals surface area (Å²) >= 11 is 0. The number of hydrogen-bond acceptors (Lipinski definition) is 4. The number of benzene rings is 1. The predicted molar refractivity (Wildman–Crippen MR) is 79.5 cm³/mol. The smallest absolute Gasteiger partial charge is 0.238 e. The van der Waals surface area contributed by atoms with Gasteiger partial charge in [-0.1, -0.05) is 12.1 Å². The SMILES string of the molecule is NC1CCN(CC(=O)Nc2ccc(CCO)cc2)CC1. The van der Waals surface area contributed by atoms with Gasteiger partial charge in [0.2, 0.25) is 5.91 Å². The highest BCUT2D eigenvalue weighted by molar-refractivity contribution is 5.92. The third-order valence-corrected chi connectivity index (χ3v) is 3.64. The van der Waals surface area contributed by atoms with E-state index in [0.717, 1.165) is 37.2 Å². The maximum atomic E-state index is 11.9. The fourth-order valence-corrected chi connectivity index (χ4v) is 2.40. The van der Waals surface area contributed by atoms with E-state index in [0.29, 0.717) is 13.0 Å². The Kier molecular flexibility index (Phi) is 5.52. The fraction of sp³-hybridized carbons (Fsp3) is 0.533. The molecule has 4 N–H and O–H groups in total. The molecule has 0 atom stereocenters. The van der Waals surface area contributed by atoms with Crippen LogP contribution in [0.15, 0.2) is 24.3 Å². The van der Waals surface area contributed by atoms with Gasteiger partial charge in [0.25, 0.3) is 0 Å². The van der Waals surface area contributed by atoms with E-state index >= 15 is 0 Å². The topological polar surface area (TPSA) is 78.6 Å². The van der Waals surface area contributed by atoms with Gasteiger partial charge < -0.3 is 16.2 Å². The van der Waals surface area contributed by atoms with Gasteiger partial charge in [0.15, 0.2) is 0 Å². The first-order valence-corrected chi connectivity index (χ1v) is 7.15. The quantitative estimate of drug-likeness (QED) is 0.736. The first-order chi connectivity index (χ1) is 9.67. The molecule has 1 heterocycles. The highest BCUT2D eigenvalue weighted by Gasteiger charge is 2.18. The van der Waals surface area contributed by atoms with Crippen LogP contribution in [0.2, 0.25) is 0 Å². The summed E-state index contributed by atoms with van der Waals surface area (Å²) in [6.45, 7) is 2.35. The first-order valence-electron chi connectivity index (χ1n) is 7.15. The van der Waals surface area contributed by atoms with Gasteiger partial charge in [0.05, 0.1) is 6.54 Å². The van der Waals surface area contributed by atoms with Crippen molar-refractivity contribution in [3.8, 4) is 0 Å². The monoisotopic (exact) mass is 277 g/mol. The molecule has 0 bridgehead atoms. The fourth-order valence-electron chi connectivity index (χ4n) is 2.40. The maximum absolute atomic E-state index is 11.9. The van der Waals surface area contributed by atoms with Gasteiger partial charge in [0.1, 0.15) is 0 Å². The number of piperidine rings is 1. The van der Waals surface area contributed by atoms with E-state index in [9.17, 15) is 4.79 Å². The van der Waals surface area contributed by atoms with Crippen LogP contribution in [0.1, 0.15) is 18.4 Å². The van der Waals surface area contributed by atoms with E-state index in [1.165, 1.54) is 0 Å². The van der Waals surface area contributed by atoms with Gasteiger partial charge in [-0.3, -0.25) is 9.69 Å². The molecule has 0 aliphatic carbocycles. The Balaban J connectivity index is 1.79. The van der Waals surface area contributed by atoms with Gasteiger partial charge in [-0.2, -0.15) is 0 Å². The number of hydrogen-bond donors (Lipinski definition) is 3. The molecule has 1 aliphatic rings. The molecule has 2 rings (SSSR count). The number of rotatable bonds is 5. The summed E-state index contributed by atoms with van der Waals surface area (Å²) in [5.74, 6) is 0.00961. The average Bonchev–Trinajstić information content (AvgIpc) is 2.44. The molecule has 0 aromatic heterocycles. The molecule has 20 heavy (non-hydrogen) atoms. The van der Waals surface area contributed by atoms with Crippen LogP contribution in [0.4, 0.5) is 5.69 Å². The molecule has 1 fully saturated rings. The van der Waals surface area contributed by atoms with Crippen LogP contribution in [-0.4, -0.2) is 48.2 Å². The van der Waals surface area contributed by atoms with Crippen LogP contribution in [-0.2, 0) is 11.2 Å². The van der Waals surface area contributed by atoms with Crippen LogP contribution in [0.5, 0.6) is 0 Å². The number of amides is 1. The van der Waals surface area contributed by atoms with Crippen molar-refractivity contribution in [2.75, 3.05) is 31.6 Å². The molecule has 1 aromatic carbocycles. The summed E-state index contributed by atoms with van der Waals surface area (Å²) in [4.78, 5) is 14.1. The molecular formula is C15H23N3O2. The summed E-state index contributed by atoms with van der Waals surface area (Å²) in [7, 11) is 0. The van der Waals surface area contributed by atoms with Gasteiger partial charge in [-0.05, 0) is 37.0 Å². The number of carbonyl (C=O) groups is 1. The molecule has 1 aliphatic heterocycles.